The zero-order chi connectivity index (χ0) is 14.1. The first-order chi connectivity index (χ1) is 9.15. The zero-order valence-corrected chi connectivity index (χ0v) is 12.8. The summed E-state index contributed by atoms with van der Waals surface area (Å²) in [5, 5.41) is 11.9. The van der Waals surface area contributed by atoms with Crippen LogP contribution in [0.4, 0.5) is 0 Å². The van der Waals surface area contributed by atoms with Gasteiger partial charge >= 0.3 is 0 Å². The molecule has 114 valence electrons. The fourth-order valence-electron chi connectivity index (χ4n) is 1.64. The van der Waals surface area contributed by atoms with E-state index in [4.69, 9.17) is 9.84 Å². The molecular weight excluding hydrogens is 280 g/mol. The Kier molecular flexibility index (Phi) is 9.59. The molecule has 0 bridgehead atoms. The summed E-state index contributed by atoms with van der Waals surface area (Å²) >= 11 is 0. The third-order valence-electron chi connectivity index (χ3n) is 2.85. The monoisotopic (exact) mass is 302 g/mol. The van der Waals surface area contributed by atoms with Crippen molar-refractivity contribution in [2.75, 3.05) is 32.8 Å². The van der Waals surface area contributed by atoms with Gasteiger partial charge in [0, 0.05) is 13.1 Å². The topological polar surface area (TPSA) is 61.8 Å². The van der Waals surface area contributed by atoms with E-state index in [1.165, 1.54) is 12.1 Å². The summed E-state index contributed by atoms with van der Waals surface area (Å²) in [5.41, 5.74) is 0. The second-order valence-corrected chi connectivity index (χ2v) is 4.16. The highest BCUT2D eigenvalue weighted by atomic mass is 35.5. The van der Waals surface area contributed by atoms with Crippen molar-refractivity contribution in [3.63, 3.8) is 0 Å². The maximum absolute atomic E-state index is 11.5. The van der Waals surface area contributed by atoms with Crippen molar-refractivity contribution in [3.8, 4) is 11.5 Å². The molecule has 0 heterocycles. The number of nitrogens with zero attached hydrogens (tertiary/aromatic N) is 1. The lowest BCUT2D eigenvalue weighted by molar-refractivity contribution is -0.123. The number of halogens is 1. The smallest absolute Gasteiger partial charge is 0.257 e. The molecule has 0 aliphatic rings. The second-order valence-electron chi connectivity index (χ2n) is 4.16. The second kappa shape index (κ2) is 10.3. The lowest BCUT2D eigenvalue weighted by atomic mass is 10.3. The molecule has 0 aliphatic heterocycles. The van der Waals surface area contributed by atoms with E-state index < -0.39 is 0 Å². The number of amides is 1. The van der Waals surface area contributed by atoms with Crippen molar-refractivity contribution in [2.45, 2.75) is 13.8 Å². The molecule has 0 atom stereocenters. The van der Waals surface area contributed by atoms with Gasteiger partial charge in [-0.2, -0.15) is 0 Å². The Balaban J connectivity index is 0.00000361. The predicted octanol–water partition coefficient (Wildman–Crippen LogP) is 1.65. The van der Waals surface area contributed by atoms with Crippen LogP contribution >= 0.6 is 12.4 Å². The summed E-state index contributed by atoms with van der Waals surface area (Å²) in [4.78, 5) is 13.8. The number of phenolic OH excluding ortho intramolecular Hbond substituents is 1. The normalized spacial score (nSPS) is 9.95. The molecular formula is C14H23ClN2O3. The van der Waals surface area contributed by atoms with Gasteiger partial charge in [0.25, 0.3) is 5.91 Å². The molecule has 1 amide bonds. The van der Waals surface area contributed by atoms with E-state index in [0.29, 0.717) is 12.3 Å². The van der Waals surface area contributed by atoms with Crippen LogP contribution in [0.3, 0.4) is 0 Å². The molecule has 0 saturated heterocycles. The van der Waals surface area contributed by atoms with Gasteiger partial charge in [0.2, 0.25) is 0 Å². The summed E-state index contributed by atoms with van der Waals surface area (Å²) in [5.74, 6) is 0.605. The molecule has 0 unspecified atom stereocenters. The lowest BCUT2D eigenvalue weighted by Crippen LogP contribution is -2.36. The minimum Gasteiger partial charge on any atom is -0.508 e. The van der Waals surface area contributed by atoms with Gasteiger partial charge in [0.05, 0.1) is 0 Å². The highest BCUT2D eigenvalue weighted by Gasteiger charge is 2.04. The van der Waals surface area contributed by atoms with Gasteiger partial charge in [0.1, 0.15) is 11.5 Å². The average molecular weight is 303 g/mol. The van der Waals surface area contributed by atoms with E-state index in [0.717, 1.165) is 19.6 Å². The van der Waals surface area contributed by atoms with Crippen molar-refractivity contribution in [2.24, 2.45) is 0 Å². The average Bonchev–Trinajstić information content (AvgIpc) is 2.43. The standard InChI is InChI=1S/C14H22N2O3.ClH/c1-3-16(4-2)10-9-15-14(18)11-19-13-7-5-12(17)6-8-13;/h5-8,17H,3-4,9-11H2,1-2H3,(H,15,18);1H. The molecule has 2 N–H and O–H groups in total. The van der Waals surface area contributed by atoms with Crippen LogP contribution in [0, 0.1) is 0 Å². The van der Waals surface area contributed by atoms with Gasteiger partial charge in [-0.1, -0.05) is 13.8 Å². The number of nitrogens with one attached hydrogen (secondary N) is 1. The molecule has 0 spiro atoms. The molecule has 1 aromatic carbocycles. The predicted molar refractivity (Wildman–Crippen MR) is 81.6 cm³/mol. The van der Waals surface area contributed by atoms with Crippen molar-refractivity contribution >= 4 is 18.3 Å². The van der Waals surface area contributed by atoms with Crippen molar-refractivity contribution < 1.29 is 14.6 Å². The van der Waals surface area contributed by atoms with E-state index in [1.54, 1.807) is 12.1 Å². The highest BCUT2D eigenvalue weighted by molar-refractivity contribution is 5.85. The number of hydrogen-bond donors (Lipinski definition) is 2. The first kappa shape index (κ1) is 18.5. The van der Waals surface area contributed by atoms with E-state index in [9.17, 15) is 4.79 Å². The van der Waals surface area contributed by atoms with Crippen LogP contribution in [0.1, 0.15) is 13.8 Å². The summed E-state index contributed by atoms with van der Waals surface area (Å²) < 4.78 is 5.30. The van der Waals surface area contributed by atoms with Crippen LogP contribution < -0.4 is 10.1 Å². The fraction of sp³-hybridized carbons (Fsp3) is 0.500. The quantitative estimate of drug-likeness (QED) is 0.766. The molecule has 1 rings (SSSR count). The number of benzene rings is 1. The van der Waals surface area contributed by atoms with Crippen LogP contribution in [-0.4, -0.2) is 48.7 Å². The first-order valence-electron chi connectivity index (χ1n) is 6.56. The van der Waals surface area contributed by atoms with Crippen molar-refractivity contribution in [1.29, 1.82) is 0 Å². The van der Waals surface area contributed by atoms with Crippen LogP contribution in [0.15, 0.2) is 24.3 Å². The number of aromatic hydroxyl groups is 1. The number of carbonyl (C=O) groups excluding carboxylic acids is 1. The van der Waals surface area contributed by atoms with E-state index in [1.807, 2.05) is 0 Å². The highest BCUT2D eigenvalue weighted by Crippen LogP contribution is 2.15. The third kappa shape index (κ3) is 7.21. The Hall–Kier alpha value is -1.46. The molecule has 6 heteroatoms. The number of phenols is 1. The summed E-state index contributed by atoms with van der Waals surface area (Å²) in [6.07, 6.45) is 0. The van der Waals surface area contributed by atoms with E-state index in [2.05, 4.69) is 24.1 Å². The Labute approximate surface area is 126 Å². The maximum atomic E-state index is 11.5. The number of rotatable bonds is 8. The molecule has 0 aliphatic carbocycles. The van der Waals surface area contributed by atoms with Crippen LogP contribution in [0.5, 0.6) is 11.5 Å². The van der Waals surface area contributed by atoms with Gasteiger partial charge in [-0.25, -0.2) is 0 Å². The van der Waals surface area contributed by atoms with Crippen LogP contribution in [0.25, 0.3) is 0 Å². The maximum Gasteiger partial charge on any atom is 0.257 e. The number of hydrogen-bond acceptors (Lipinski definition) is 4. The fourth-order valence-corrected chi connectivity index (χ4v) is 1.64. The molecule has 0 fully saturated rings. The summed E-state index contributed by atoms with van der Waals surface area (Å²) in [6, 6.07) is 6.29. The number of ether oxygens (including phenoxy) is 1. The minimum absolute atomic E-state index is 0. The lowest BCUT2D eigenvalue weighted by Gasteiger charge is -2.17. The Bertz CT molecular complexity index is 381. The van der Waals surface area contributed by atoms with Gasteiger partial charge < -0.3 is 20.1 Å². The summed E-state index contributed by atoms with van der Waals surface area (Å²) in [6.45, 7) is 7.62. The SMILES string of the molecule is CCN(CC)CCNC(=O)COc1ccc(O)cc1.Cl. The largest absolute Gasteiger partial charge is 0.508 e. The molecule has 0 aromatic heterocycles. The van der Waals surface area contributed by atoms with Crippen LogP contribution in [-0.2, 0) is 4.79 Å². The molecule has 0 saturated carbocycles. The van der Waals surface area contributed by atoms with Gasteiger partial charge in [-0.05, 0) is 37.4 Å². The van der Waals surface area contributed by atoms with Crippen molar-refractivity contribution in [3.05, 3.63) is 24.3 Å². The van der Waals surface area contributed by atoms with Gasteiger partial charge in [0.15, 0.2) is 6.61 Å². The molecule has 20 heavy (non-hydrogen) atoms. The van der Waals surface area contributed by atoms with Gasteiger partial charge in [-0.3, -0.25) is 4.79 Å². The zero-order valence-electron chi connectivity index (χ0n) is 12.0. The Morgan fingerprint density at radius 1 is 1.25 bits per heavy atom. The van der Waals surface area contributed by atoms with E-state index in [-0.39, 0.29) is 30.7 Å². The van der Waals surface area contributed by atoms with Crippen molar-refractivity contribution in [1.82, 2.24) is 10.2 Å². The number of likely N-dealkylation sites (N-methyl/N-ethyl adjacent to an activating group) is 1. The van der Waals surface area contributed by atoms with Crippen LogP contribution in [0.2, 0.25) is 0 Å². The molecule has 5 nitrogen and oxygen atoms in total. The molecule has 0 radical (unpaired) electrons. The third-order valence-corrected chi connectivity index (χ3v) is 2.85. The first-order valence-corrected chi connectivity index (χ1v) is 6.56. The van der Waals surface area contributed by atoms with Gasteiger partial charge in [-0.15, -0.1) is 12.4 Å². The number of carbonyl (C=O) groups is 1. The Morgan fingerprint density at radius 2 is 1.85 bits per heavy atom. The minimum atomic E-state index is -0.139. The van der Waals surface area contributed by atoms with E-state index >= 15 is 0 Å². The molecule has 1 aromatic rings. The summed E-state index contributed by atoms with van der Waals surface area (Å²) in [7, 11) is 0. The Morgan fingerprint density at radius 3 is 2.40 bits per heavy atom.